The topological polar surface area (TPSA) is 144 Å². The average Bonchev–Trinajstić information content (AvgIpc) is 2.71. The molecule has 1 amide bonds. The van der Waals surface area contributed by atoms with Gasteiger partial charge < -0.3 is 39.4 Å². The average molecular weight is 471 g/mol. The molecule has 1 aliphatic rings. The third-order valence-corrected chi connectivity index (χ3v) is 4.65. The van der Waals surface area contributed by atoms with E-state index in [0.717, 1.165) is 31.4 Å². The van der Waals surface area contributed by atoms with E-state index in [-0.39, 0.29) is 36.3 Å². The lowest BCUT2D eigenvalue weighted by Gasteiger charge is -2.23. The molecule has 33 heavy (non-hydrogen) atoms. The Kier molecular flexibility index (Phi) is 9.90. The molecule has 184 valence electrons. The Labute approximate surface area is 192 Å². The van der Waals surface area contributed by atoms with E-state index in [1.165, 1.54) is 0 Å². The van der Waals surface area contributed by atoms with Gasteiger partial charge in [-0.25, -0.2) is 14.0 Å². The number of alkyl carbamates (subject to hydrolysis) is 1. The second-order valence-corrected chi connectivity index (χ2v) is 8.61. The number of carbonyl (C=O) groups excluding carboxylic acids is 1. The van der Waals surface area contributed by atoms with Crippen molar-refractivity contribution < 1.29 is 48.1 Å². The first-order valence-electron chi connectivity index (χ1n) is 10.7. The van der Waals surface area contributed by atoms with Gasteiger partial charge in [-0.3, -0.25) is 0 Å². The number of ether oxygens (including phenoxy) is 4. The highest BCUT2D eigenvalue weighted by Crippen LogP contribution is 2.18. The van der Waals surface area contributed by atoms with Crippen molar-refractivity contribution in [2.45, 2.75) is 64.4 Å². The zero-order valence-electron chi connectivity index (χ0n) is 19.0. The van der Waals surface area contributed by atoms with Gasteiger partial charge in [0.1, 0.15) is 29.8 Å². The molecule has 0 spiro atoms. The van der Waals surface area contributed by atoms with Crippen molar-refractivity contribution in [1.29, 1.82) is 0 Å². The predicted octanol–water partition coefficient (Wildman–Crippen LogP) is 0.948. The maximum Gasteiger partial charge on any atom is 0.492 e. The molecule has 0 radical (unpaired) electrons. The number of benzene rings is 1. The monoisotopic (exact) mass is 471 g/mol. The highest BCUT2D eigenvalue weighted by atomic mass is 19.1. The van der Waals surface area contributed by atoms with Crippen molar-refractivity contribution in [3.05, 3.63) is 23.5 Å². The molecule has 1 unspecified atom stereocenters. The molecule has 0 aliphatic carbocycles. The van der Waals surface area contributed by atoms with E-state index < -0.39 is 43.1 Å². The lowest BCUT2D eigenvalue weighted by molar-refractivity contribution is -0.165. The minimum atomic E-state index is -2.00. The summed E-state index contributed by atoms with van der Waals surface area (Å²) in [5.74, 6) is -2.36. The van der Waals surface area contributed by atoms with Gasteiger partial charge in [0.05, 0.1) is 6.61 Å². The first kappa shape index (κ1) is 26.8. The van der Waals surface area contributed by atoms with Crippen LogP contribution in [0.3, 0.4) is 0 Å². The summed E-state index contributed by atoms with van der Waals surface area (Å²) in [6.45, 7) is 5.63. The smallest absolute Gasteiger partial charge is 0.491 e. The largest absolute Gasteiger partial charge is 0.492 e. The van der Waals surface area contributed by atoms with Crippen LogP contribution in [0.4, 0.5) is 9.18 Å². The number of aliphatic carboxylic acids is 1. The zero-order valence-corrected chi connectivity index (χ0v) is 19.0. The van der Waals surface area contributed by atoms with Gasteiger partial charge in [0.2, 0.25) is 0 Å². The van der Waals surface area contributed by atoms with Crippen LogP contribution >= 0.6 is 0 Å². The number of hydrogen-bond donors (Lipinski definition) is 4. The fraction of sp³-hybridized carbons (Fsp3) is 0.619. The predicted molar refractivity (Wildman–Crippen MR) is 116 cm³/mol. The zero-order chi connectivity index (χ0) is 24.6. The van der Waals surface area contributed by atoms with Crippen LogP contribution in [0.1, 0.15) is 45.6 Å². The summed E-state index contributed by atoms with van der Waals surface area (Å²) in [4.78, 5) is 23.5. The molecule has 1 fully saturated rings. The van der Waals surface area contributed by atoms with Crippen LogP contribution in [-0.2, 0) is 25.4 Å². The summed E-state index contributed by atoms with van der Waals surface area (Å²) in [6.07, 6.45) is 0.998. The Bertz CT molecular complexity index is 810. The molecule has 2 rings (SSSR count). The molecule has 2 atom stereocenters. The van der Waals surface area contributed by atoms with Crippen LogP contribution in [0.15, 0.2) is 12.1 Å². The van der Waals surface area contributed by atoms with Gasteiger partial charge in [0.15, 0.2) is 6.29 Å². The molecular formula is C21H31BFNO9. The number of halogens is 1. The van der Waals surface area contributed by atoms with Gasteiger partial charge in [-0.15, -0.1) is 0 Å². The number of carboxylic acids is 1. The SMILES string of the molecule is CC(C)(C)OC(=O)N[C@@H](Cc1cc(B(O)O)c(OCCOC2CCCCO2)cc1F)C(=O)O. The summed E-state index contributed by atoms with van der Waals surface area (Å²) in [6, 6.07) is 0.523. The molecule has 1 aromatic rings. The van der Waals surface area contributed by atoms with E-state index in [9.17, 15) is 29.1 Å². The van der Waals surface area contributed by atoms with Gasteiger partial charge in [-0.05, 0) is 45.6 Å². The van der Waals surface area contributed by atoms with Gasteiger partial charge in [0, 0.05) is 24.6 Å². The summed E-state index contributed by atoms with van der Waals surface area (Å²) in [5, 5.41) is 31.0. The standard InChI is InChI=1S/C21H31BFNO9/c1-21(2,3)33-20(27)24-16(19(25)26)11-13-10-14(22(28)29)17(12-15(13)23)30-8-9-32-18-6-4-5-7-31-18/h10,12,16,18,28-29H,4-9,11H2,1-3H3,(H,24,27)(H,25,26)/t16-,18?/m0/s1. The molecule has 10 nitrogen and oxygen atoms in total. The number of amides is 1. The Morgan fingerprint density at radius 2 is 2.00 bits per heavy atom. The molecule has 0 aromatic heterocycles. The fourth-order valence-corrected chi connectivity index (χ4v) is 3.15. The quantitative estimate of drug-likeness (QED) is 0.290. The van der Waals surface area contributed by atoms with Gasteiger partial charge in [0.25, 0.3) is 0 Å². The second-order valence-electron chi connectivity index (χ2n) is 8.61. The van der Waals surface area contributed by atoms with Crippen molar-refractivity contribution in [2.24, 2.45) is 0 Å². The second kappa shape index (κ2) is 12.2. The molecule has 1 aromatic carbocycles. The Morgan fingerprint density at radius 1 is 1.27 bits per heavy atom. The summed E-state index contributed by atoms with van der Waals surface area (Å²) in [7, 11) is -2.00. The summed E-state index contributed by atoms with van der Waals surface area (Å²) < 4.78 is 36.1. The molecular weight excluding hydrogens is 440 g/mol. The van der Waals surface area contributed by atoms with Gasteiger partial charge in [-0.2, -0.15) is 0 Å². The van der Waals surface area contributed by atoms with E-state index in [2.05, 4.69) is 5.32 Å². The minimum absolute atomic E-state index is 0.0102. The van der Waals surface area contributed by atoms with Crippen LogP contribution in [0.5, 0.6) is 5.75 Å². The minimum Gasteiger partial charge on any atom is -0.491 e. The third-order valence-electron chi connectivity index (χ3n) is 4.65. The highest BCUT2D eigenvalue weighted by molar-refractivity contribution is 6.59. The van der Waals surface area contributed by atoms with E-state index in [0.29, 0.717) is 6.61 Å². The molecule has 4 N–H and O–H groups in total. The first-order valence-corrected chi connectivity index (χ1v) is 10.7. The summed E-state index contributed by atoms with van der Waals surface area (Å²) >= 11 is 0. The highest BCUT2D eigenvalue weighted by Gasteiger charge is 2.27. The number of rotatable bonds is 10. The van der Waals surface area contributed by atoms with Crippen LogP contribution < -0.4 is 15.5 Å². The number of carbonyl (C=O) groups is 2. The molecule has 12 heteroatoms. The molecule has 1 heterocycles. The van der Waals surface area contributed by atoms with Crippen LogP contribution in [0.25, 0.3) is 0 Å². The lowest BCUT2D eigenvalue weighted by Crippen LogP contribution is -2.45. The first-order chi connectivity index (χ1) is 15.5. The van der Waals surface area contributed by atoms with E-state index in [1.54, 1.807) is 20.8 Å². The number of hydrogen-bond acceptors (Lipinski definition) is 8. The van der Waals surface area contributed by atoms with Crippen molar-refractivity contribution in [3.8, 4) is 5.75 Å². The molecule has 0 saturated carbocycles. The van der Waals surface area contributed by atoms with Crippen molar-refractivity contribution in [3.63, 3.8) is 0 Å². The van der Waals surface area contributed by atoms with Crippen molar-refractivity contribution >= 4 is 24.6 Å². The van der Waals surface area contributed by atoms with Crippen molar-refractivity contribution in [2.75, 3.05) is 19.8 Å². The normalized spacial score (nSPS) is 17.2. The molecule has 1 aliphatic heterocycles. The van der Waals surface area contributed by atoms with Gasteiger partial charge >= 0.3 is 19.2 Å². The molecule has 1 saturated heterocycles. The van der Waals surface area contributed by atoms with Crippen molar-refractivity contribution in [1.82, 2.24) is 5.32 Å². The number of nitrogens with one attached hydrogen (secondary N) is 1. The van der Waals surface area contributed by atoms with E-state index in [1.807, 2.05) is 0 Å². The Morgan fingerprint density at radius 3 is 2.58 bits per heavy atom. The van der Waals surface area contributed by atoms with Gasteiger partial charge in [-0.1, -0.05) is 6.07 Å². The fourth-order valence-electron chi connectivity index (χ4n) is 3.15. The van der Waals surface area contributed by atoms with Crippen LogP contribution in [0, 0.1) is 5.82 Å². The van der Waals surface area contributed by atoms with E-state index in [4.69, 9.17) is 18.9 Å². The Hall–Kier alpha value is -2.41. The van der Waals surface area contributed by atoms with Crippen LogP contribution in [-0.4, -0.2) is 72.1 Å². The third kappa shape index (κ3) is 9.16. The maximum absolute atomic E-state index is 14.7. The maximum atomic E-state index is 14.7. The molecule has 0 bridgehead atoms. The van der Waals surface area contributed by atoms with E-state index >= 15 is 0 Å². The Balaban J connectivity index is 2.05. The number of carboxylic acid groups (broad SMARTS) is 1. The van der Waals surface area contributed by atoms with Crippen LogP contribution in [0.2, 0.25) is 0 Å². The lowest BCUT2D eigenvalue weighted by atomic mass is 9.78. The summed E-state index contributed by atoms with van der Waals surface area (Å²) in [5.41, 5.74) is -1.15.